The van der Waals surface area contributed by atoms with Crippen LogP contribution in [-0.4, -0.2) is 19.5 Å². The molecule has 0 unspecified atom stereocenters. The smallest absolute Gasteiger partial charge is 0.180 e. The summed E-state index contributed by atoms with van der Waals surface area (Å²) >= 11 is 0. The molecular weight excluding hydrogens is 200 g/mol. The highest BCUT2D eigenvalue weighted by molar-refractivity contribution is 5.69. The van der Waals surface area contributed by atoms with Crippen molar-refractivity contribution in [2.45, 2.75) is 39.0 Å². The lowest BCUT2D eigenvalue weighted by atomic mass is 10.1. The van der Waals surface area contributed by atoms with Crippen LogP contribution in [0.3, 0.4) is 0 Å². The van der Waals surface area contributed by atoms with Gasteiger partial charge >= 0.3 is 0 Å². The molecule has 0 N–H and O–H groups in total. The van der Waals surface area contributed by atoms with Crippen LogP contribution in [0.5, 0.6) is 0 Å². The SMILES string of the molecule is CCCCCCc1ncc2c(ncn2C)n1. The zero-order valence-electron chi connectivity index (χ0n) is 9.98. The minimum atomic E-state index is 0.808. The molecule has 0 amide bonds. The van der Waals surface area contributed by atoms with Crippen molar-refractivity contribution in [2.24, 2.45) is 7.05 Å². The molecule has 86 valence electrons. The fourth-order valence-corrected chi connectivity index (χ4v) is 1.78. The lowest BCUT2D eigenvalue weighted by Gasteiger charge is -1.99. The van der Waals surface area contributed by atoms with Gasteiger partial charge < -0.3 is 4.57 Å². The maximum atomic E-state index is 4.45. The number of imidazole rings is 1. The summed E-state index contributed by atoms with van der Waals surface area (Å²) in [6.07, 6.45) is 9.61. The molecule has 0 saturated carbocycles. The summed E-state index contributed by atoms with van der Waals surface area (Å²) in [5.41, 5.74) is 1.81. The van der Waals surface area contributed by atoms with Crippen LogP contribution in [0, 0.1) is 0 Å². The summed E-state index contributed by atoms with van der Waals surface area (Å²) < 4.78 is 1.94. The van der Waals surface area contributed by atoms with Crippen LogP contribution >= 0.6 is 0 Å². The molecule has 0 saturated heterocycles. The molecule has 0 aromatic carbocycles. The van der Waals surface area contributed by atoms with Crippen molar-refractivity contribution >= 4 is 11.2 Å². The quantitative estimate of drug-likeness (QED) is 0.724. The first-order valence-electron chi connectivity index (χ1n) is 5.94. The lowest BCUT2D eigenvalue weighted by molar-refractivity contribution is 0.653. The van der Waals surface area contributed by atoms with Crippen LogP contribution in [0.2, 0.25) is 0 Å². The molecule has 0 aliphatic heterocycles. The van der Waals surface area contributed by atoms with Crippen LogP contribution in [0.15, 0.2) is 12.5 Å². The van der Waals surface area contributed by atoms with E-state index in [1.54, 1.807) is 6.33 Å². The molecule has 16 heavy (non-hydrogen) atoms. The number of unbranched alkanes of at least 4 members (excludes halogenated alkanes) is 3. The Morgan fingerprint density at radius 2 is 2.06 bits per heavy atom. The molecule has 4 nitrogen and oxygen atoms in total. The number of aryl methyl sites for hydroxylation is 2. The molecule has 4 heteroatoms. The Morgan fingerprint density at radius 3 is 2.88 bits per heavy atom. The Hall–Kier alpha value is -1.45. The highest BCUT2D eigenvalue weighted by Gasteiger charge is 2.03. The molecule has 2 aromatic rings. The molecule has 0 aliphatic rings. The number of fused-ring (bicyclic) bond motifs is 1. The summed E-state index contributed by atoms with van der Waals surface area (Å²) in [5, 5.41) is 0. The van der Waals surface area contributed by atoms with E-state index in [2.05, 4.69) is 21.9 Å². The number of nitrogens with zero attached hydrogens (tertiary/aromatic N) is 4. The summed E-state index contributed by atoms with van der Waals surface area (Å²) in [6, 6.07) is 0. The standard InChI is InChI=1S/C12H18N4/c1-3-4-5-6-7-11-13-8-10-12(15-11)14-9-16(10)2/h8-9H,3-7H2,1-2H3. The van der Waals surface area contributed by atoms with E-state index in [9.17, 15) is 0 Å². The number of aromatic nitrogens is 4. The van der Waals surface area contributed by atoms with E-state index >= 15 is 0 Å². The molecule has 2 rings (SSSR count). The highest BCUT2D eigenvalue weighted by Crippen LogP contribution is 2.09. The van der Waals surface area contributed by atoms with E-state index in [4.69, 9.17) is 0 Å². The Morgan fingerprint density at radius 1 is 1.19 bits per heavy atom. The van der Waals surface area contributed by atoms with Crippen molar-refractivity contribution in [3.05, 3.63) is 18.3 Å². The zero-order valence-corrected chi connectivity index (χ0v) is 9.98. The van der Waals surface area contributed by atoms with Crippen molar-refractivity contribution in [3.63, 3.8) is 0 Å². The van der Waals surface area contributed by atoms with Crippen LogP contribution in [0.25, 0.3) is 11.2 Å². The average molecular weight is 218 g/mol. The van der Waals surface area contributed by atoms with Crippen LogP contribution in [-0.2, 0) is 13.5 Å². The fourth-order valence-electron chi connectivity index (χ4n) is 1.78. The Kier molecular flexibility index (Phi) is 3.49. The maximum Gasteiger partial charge on any atom is 0.180 e. The van der Waals surface area contributed by atoms with Gasteiger partial charge in [-0.3, -0.25) is 0 Å². The van der Waals surface area contributed by atoms with E-state index in [1.807, 2.05) is 17.8 Å². The van der Waals surface area contributed by atoms with Gasteiger partial charge in [-0.2, -0.15) is 0 Å². The molecule has 0 atom stereocenters. The van der Waals surface area contributed by atoms with Gasteiger partial charge in [0, 0.05) is 13.5 Å². The minimum absolute atomic E-state index is 0.808. The second kappa shape index (κ2) is 5.05. The number of rotatable bonds is 5. The van der Waals surface area contributed by atoms with E-state index < -0.39 is 0 Å². The van der Waals surface area contributed by atoms with Gasteiger partial charge in [0.1, 0.15) is 11.3 Å². The van der Waals surface area contributed by atoms with E-state index in [0.717, 1.165) is 23.4 Å². The lowest BCUT2D eigenvalue weighted by Crippen LogP contribution is -1.96. The van der Waals surface area contributed by atoms with Crippen LogP contribution < -0.4 is 0 Å². The van der Waals surface area contributed by atoms with Gasteiger partial charge in [-0.25, -0.2) is 15.0 Å². The van der Waals surface area contributed by atoms with Crippen molar-refractivity contribution in [1.29, 1.82) is 0 Å². The Bertz CT molecular complexity index is 461. The van der Waals surface area contributed by atoms with Gasteiger partial charge in [-0.15, -0.1) is 0 Å². The third-order valence-corrected chi connectivity index (χ3v) is 2.79. The first-order chi connectivity index (χ1) is 7.81. The molecular formula is C12H18N4. The highest BCUT2D eigenvalue weighted by atomic mass is 15.1. The first kappa shape index (κ1) is 11.0. The Labute approximate surface area is 95.7 Å². The van der Waals surface area contributed by atoms with Crippen molar-refractivity contribution in [1.82, 2.24) is 19.5 Å². The van der Waals surface area contributed by atoms with Crippen molar-refractivity contribution < 1.29 is 0 Å². The second-order valence-electron chi connectivity index (χ2n) is 4.16. The monoisotopic (exact) mass is 218 g/mol. The third kappa shape index (κ3) is 2.38. The fraction of sp³-hybridized carbons (Fsp3) is 0.583. The number of hydrogen-bond donors (Lipinski definition) is 0. The molecule has 0 aliphatic carbocycles. The molecule has 0 spiro atoms. The van der Waals surface area contributed by atoms with E-state index in [0.29, 0.717) is 0 Å². The largest absolute Gasteiger partial charge is 0.331 e. The summed E-state index contributed by atoms with van der Waals surface area (Å²) in [4.78, 5) is 13.1. The van der Waals surface area contributed by atoms with E-state index in [-0.39, 0.29) is 0 Å². The summed E-state index contributed by atoms with van der Waals surface area (Å²) in [5.74, 6) is 0.919. The molecule has 2 heterocycles. The van der Waals surface area contributed by atoms with Gasteiger partial charge in [0.05, 0.1) is 12.5 Å². The molecule has 0 radical (unpaired) electrons. The predicted octanol–water partition coefficient (Wildman–Crippen LogP) is 2.49. The van der Waals surface area contributed by atoms with Gasteiger partial charge in [0.25, 0.3) is 0 Å². The second-order valence-corrected chi connectivity index (χ2v) is 4.16. The first-order valence-corrected chi connectivity index (χ1v) is 5.94. The molecule has 2 aromatic heterocycles. The Balaban J connectivity index is 2.02. The van der Waals surface area contributed by atoms with Crippen LogP contribution in [0.1, 0.15) is 38.4 Å². The van der Waals surface area contributed by atoms with Gasteiger partial charge in [-0.05, 0) is 6.42 Å². The van der Waals surface area contributed by atoms with Crippen LogP contribution in [0.4, 0.5) is 0 Å². The number of hydrogen-bond acceptors (Lipinski definition) is 3. The summed E-state index contributed by atoms with van der Waals surface area (Å²) in [7, 11) is 1.96. The third-order valence-electron chi connectivity index (χ3n) is 2.79. The normalized spacial score (nSPS) is 11.1. The maximum absolute atomic E-state index is 4.45. The topological polar surface area (TPSA) is 43.6 Å². The molecule has 0 fully saturated rings. The zero-order chi connectivity index (χ0) is 11.4. The molecule has 0 bridgehead atoms. The van der Waals surface area contributed by atoms with Gasteiger partial charge in [-0.1, -0.05) is 26.2 Å². The average Bonchev–Trinajstić information content (AvgIpc) is 2.66. The van der Waals surface area contributed by atoms with Crippen molar-refractivity contribution in [3.8, 4) is 0 Å². The predicted molar refractivity (Wildman–Crippen MR) is 64.2 cm³/mol. The van der Waals surface area contributed by atoms with E-state index in [1.165, 1.54) is 25.7 Å². The van der Waals surface area contributed by atoms with Crippen molar-refractivity contribution in [2.75, 3.05) is 0 Å². The van der Waals surface area contributed by atoms with Gasteiger partial charge in [0.15, 0.2) is 5.65 Å². The minimum Gasteiger partial charge on any atom is -0.331 e. The summed E-state index contributed by atoms with van der Waals surface area (Å²) in [6.45, 7) is 2.22. The van der Waals surface area contributed by atoms with Gasteiger partial charge in [0.2, 0.25) is 0 Å².